The van der Waals surface area contributed by atoms with Gasteiger partial charge in [-0.15, -0.1) is 11.6 Å². The van der Waals surface area contributed by atoms with Crippen LogP contribution in [0.2, 0.25) is 0 Å². The number of phenolic OH excluding ortho intramolecular Hbond substituents is 1. The topological polar surface area (TPSA) is 58.6 Å². The van der Waals surface area contributed by atoms with Crippen LogP contribution in [0.1, 0.15) is 42.5 Å². The Labute approximate surface area is 130 Å². The van der Waals surface area contributed by atoms with Gasteiger partial charge in [0.05, 0.1) is 7.11 Å². The first-order valence-corrected chi connectivity index (χ1v) is 7.85. The summed E-state index contributed by atoms with van der Waals surface area (Å²) in [6.07, 6.45) is 5.71. The molecule has 1 fully saturated rings. The summed E-state index contributed by atoms with van der Waals surface area (Å²) in [5.41, 5.74) is 0.443. The molecule has 1 aromatic rings. The number of amides is 1. The molecule has 0 heterocycles. The molecule has 0 radical (unpaired) electrons. The van der Waals surface area contributed by atoms with E-state index in [0.717, 1.165) is 12.8 Å². The predicted molar refractivity (Wildman–Crippen MR) is 83.2 cm³/mol. The first kappa shape index (κ1) is 16.0. The third-order valence-corrected chi connectivity index (χ3v) is 4.83. The van der Waals surface area contributed by atoms with Crippen LogP contribution in [0.5, 0.6) is 11.5 Å². The van der Waals surface area contributed by atoms with Crippen LogP contribution < -0.4 is 10.1 Å². The van der Waals surface area contributed by atoms with Crippen LogP contribution in [0.3, 0.4) is 0 Å². The average molecular weight is 312 g/mol. The van der Waals surface area contributed by atoms with E-state index in [-0.39, 0.29) is 17.1 Å². The number of nitrogens with one attached hydrogen (secondary N) is 1. The molecule has 0 atom stereocenters. The summed E-state index contributed by atoms with van der Waals surface area (Å²) >= 11 is 6.12. The summed E-state index contributed by atoms with van der Waals surface area (Å²) in [5.74, 6) is 0.704. The van der Waals surface area contributed by atoms with Crippen LogP contribution in [0.25, 0.3) is 0 Å². The summed E-state index contributed by atoms with van der Waals surface area (Å²) in [7, 11) is 1.47. The second kappa shape index (κ2) is 7.03. The monoisotopic (exact) mass is 311 g/mol. The zero-order valence-corrected chi connectivity index (χ0v) is 13.1. The van der Waals surface area contributed by atoms with Crippen molar-refractivity contribution in [1.82, 2.24) is 5.32 Å². The molecule has 0 saturated heterocycles. The fourth-order valence-electron chi connectivity index (χ4n) is 2.86. The second-order valence-corrected chi connectivity index (χ2v) is 6.03. The molecule has 116 valence electrons. The number of halogens is 1. The standard InChI is InChI=1S/C16H22ClNO3/c1-21-14-6-5-12(9-13(14)19)15(20)18-11-16(10-17)7-3-2-4-8-16/h5-6,9,19H,2-4,7-8,10-11H2,1H3,(H,18,20). The van der Waals surface area contributed by atoms with E-state index in [1.54, 1.807) is 12.1 Å². The van der Waals surface area contributed by atoms with E-state index < -0.39 is 0 Å². The van der Waals surface area contributed by atoms with Crippen molar-refractivity contribution in [1.29, 1.82) is 0 Å². The Morgan fingerprint density at radius 1 is 1.38 bits per heavy atom. The lowest BCUT2D eigenvalue weighted by atomic mass is 9.75. The van der Waals surface area contributed by atoms with Gasteiger partial charge in [0.25, 0.3) is 5.91 Å². The van der Waals surface area contributed by atoms with Crippen molar-refractivity contribution in [3.8, 4) is 11.5 Å². The quantitative estimate of drug-likeness (QED) is 0.820. The molecular weight excluding hydrogens is 290 g/mol. The normalized spacial score (nSPS) is 17.2. The fourth-order valence-corrected chi connectivity index (χ4v) is 3.22. The molecule has 5 heteroatoms. The Morgan fingerprint density at radius 3 is 2.67 bits per heavy atom. The van der Waals surface area contributed by atoms with Crippen molar-refractivity contribution in [2.24, 2.45) is 5.41 Å². The number of alkyl halides is 1. The largest absolute Gasteiger partial charge is 0.504 e. The molecule has 2 rings (SSSR count). The molecule has 2 N–H and O–H groups in total. The summed E-state index contributed by atoms with van der Waals surface area (Å²) in [6.45, 7) is 0.585. The number of aromatic hydroxyl groups is 1. The molecule has 0 spiro atoms. The molecule has 4 nitrogen and oxygen atoms in total. The molecule has 1 saturated carbocycles. The second-order valence-electron chi connectivity index (χ2n) is 5.76. The molecule has 21 heavy (non-hydrogen) atoms. The Hall–Kier alpha value is -1.42. The molecular formula is C16H22ClNO3. The Balaban J connectivity index is 1.99. The zero-order chi connectivity index (χ0) is 15.3. The molecule has 0 aromatic heterocycles. The molecule has 0 aliphatic heterocycles. The van der Waals surface area contributed by atoms with E-state index in [2.05, 4.69) is 5.32 Å². The summed E-state index contributed by atoms with van der Waals surface area (Å²) in [5, 5.41) is 12.7. The van der Waals surface area contributed by atoms with Crippen molar-refractivity contribution in [3.05, 3.63) is 23.8 Å². The van der Waals surface area contributed by atoms with Gasteiger partial charge in [-0.1, -0.05) is 19.3 Å². The first-order chi connectivity index (χ1) is 10.1. The van der Waals surface area contributed by atoms with Crippen LogP contribution in [-0.2, 0) is 0 Å². The van der Waals surface area contributed by atoms with Crippen LogP contribution in [0.15, 0.2) is 18.2 Å². The highest BCUT2D eigenvalue weighted by molar-refractivity contribution is 6.18. The predicted octanol–water partition coefficient (Wildman–Crippen LogP) is 3.32. The number of methoxy groups -OCH3 is 1. The van der Waals surface area contributed by atoms with E-state index in [4.69, 9.17) is 16.3 Å². The van der Waals surface area contributed by atoms with Gasteiger partial charge in [-0.05, 0) is 31.0 Å². The summed E-state index contributed by atoms with van der Waals surface area (Å²) in [6, 6.07) is 4.65. The van der Waals surface area contributed by atoms with Crippen molar-refractivity contribution in [3.63, 3.8) is 0 Å². The minimum atomic E-state index is -0.192. The lowest BCUT2D eigenvalue weighted by Crippen LogP contribution is -2.40. The van der Waals surface area contributed by atoms with Crippen molar-refractivity contribution in [2.75, 3.05) is 19.5 Å². The maximum atomic E-state index is 12.2. The minimum absolute atomic E-state index is 0.0178. The maximum absolute atomic E-state index is 12.2. The Morgan fingerprint density at radius 2 is 2.10 bits per heavy atom. The number of carbonyl (C=O) groups excluding carboxylic acids is 1. The van der Waals surface area contributed by atoms with E-state index >= 15 is 0 Å². The number of rotatable bonds is 5. The van der Waals surface area contributed by atoms with Gasteiger partial charge in [0, 0.05) is 23.4 Å². The molecule has 1 aromatic carbocycles. The Bertz CT molecular complexity index is 498. The smallest absolute Gasteiger partial charge is 0.251 e. The molecule has 1 aliphatic carbocycles. The maximum Gasteiger partial charge on any atom is 0.251 e. The van der Waals surface area contributed by atoms with Gasteiger partial charge in [-0.25, -0.2) is 0 Å². The highest BCUT2D eigenvalue weighted by atomic mass is 35.5. The molecule has 0 unspecified atom stereocenters. The number of hydrogen-bond acceptors (Lipinski definition) is 3. The van der Waals surface area contributed by atoms with Crippen LogP contribution in [0.4, 0.5) is 0 Å². The Kier molecular flexibility index (Phi) is 5.34. The van der Waals surface area contributed by atoms with Crippen molar-refractivity contribution in [2.45, 2.75) is 32.1 Å². The molecule has 1 amide bonds. The van der Waals surface area contributed by atoms with Crippen LogP contribution in [0, 0.1) is 5.41 Å². The lowest BCUT2D eigenvalue weighted by Gasteiger charge is -2.35. The summed E-state index contributed by atoms with van der Waals surface area (Å²) < 4.78 is 4.97. The van der Waals surface area contributed by atoms with E-state index in [1.165, 1.54) is 32.4 Å². The van der Waals surface area contributed by atoms with Gasteiger partial charge < -0.3 is 15.2 Å². The third kappa shape index (κ3) is 3.82. The highest BCUT2D eigenvalue weighted by Crippen LogP contribution is 2.36. The lowest BCUT2D eigenvalue weighted by molar-refractivity contribution is 0.0920. The number of benzene rings is 1. The number of hydrogen-bond donors (Lipinski definition) is 2. The van der Waals surface area contributed by atoms with Gasteiger partial charge >= 0.3 is 0 Å². The van der Waals surface area contributed by atoms with E-state index in [9.17, 15) is 9.90 Å². The summed E-state index contributed by atoms with van der Waals surface area (Å²) in [4.78, 5) is 12.2. The SMILES string of the molecule is COc1ccc(C(=O)NCC2(CCl)CCCCC2)cc1O. The van der Waals surface area contributed by atoms with Gasteiger partial charge in [0.2, 0.25) is 0 Å². The number of carbonyl (C=O) groups is 1. The number of phenols is 1. The van der Waals surface area contributed by atoms with Gasteiger partial charge in [-0.3, -0.25) is 4.79 Å². The minimum Gasteiger partial charge on any atom is -0.504 e. The van der Waals surface area contributed by atoms with Crippen molar-refractivity contribution < 1.29 is 14.6 Å². The van der Waals surface area contributed by atoms with E-state index in [0.29, 0.717) is 23.7 Å². The number of ether oxygens (including phenoxy) is 1. The fraction of sp³-hybridized carbons (Fsp3) is 0.562. The zero-order valence-electron chi connectivity index (χ0n) is 12.3. The van der Waals surface area contributed by atoms with Crippen LogP contribution >= 0.6 is 11.6 Å². The third-order valence-electron chi connectivity index (χ3n) is 4.26. The van der Waals surface area contributed by atoms with Crippen molar-refractivity contribution >= 4 is 17.5 Å². The van der Waals surface area contributed by atoms with Gasteiger partial charge in [-0.2, -0.15) is 0 Å². The first-order valence-electron chi connectivity index (χ1n) is 7.31. The average Bonchev–Trinajstić information content (AvgIpc) is 2.53. The molecule has 0 bridgehead atoms. The molecule has 1 aliphatic rings. The van der Waals surface area contributed by atoms with Gasteiger partial charge in [0.15, 0.2) is 11.5 Å². The highest BCUT2D eigenvalue weighted by Gasteiger charge is 2.31. The van der Waals surface area contributed by atoms with E-state index in [1.807, 2.05) is 0 Å². The van der Waals surface area contributed by atoms with Crippen LogP contribution in [-0.4, -0.2) is 30.5 Å². The van der Waals surface area contributed by atoms with Gasteiger partial charge in [0.1, 0.15) is 0 Å².